The van der Waals surface area contributed by atoms with E-state index in [2.05, 4.69) is 6.07 Å². The molecule has 35 heavy (non-hydrogen) atoms. The molecule has 1 atom stereocenters. The molecule has 6 heteroatoms. The van der Waals surface area contributed by atoms with Crippen LogP contribution in [-0.4, -0.2) is 53.6 Å². The zero-order chi connectivity index (χ0) is 24.9. The van der Waals surface area contributed by atoms with E-state index in [9.17, 15) is 15.2 Å². The number of nitriles is 1. The highest BCUT2D eigenvalue weighted by atomic mass is 35.5. The molecule has 3 aromatic rings. The number of carbonyl (C=O) groups is 1. The van der Waals surface area contributed by atoms with Gasteiger partial charge in [-0.2, -0.15) is 5.26 Å². The van der Waals surface area contributed by atoms with E-state index in [0.29, 0.717) is 30.2 Å². The highest BCUT2D eigenvalue weighted by molar-refractivity contribution is 6.32. The van der Waals surface area contributed by atoms with Crippen LogP contribution in [0.2, 0.25) is 5.02 Å². The van der Waals surface area contributed by atoms with Gasteiger partial charge in [0.25, 0.3) is 0 Å². The minimum Gasteiger partial charge on any atom is -0.480 e. The predicted molar refractivity (Wildman–Crippen MR) is 141 cm³/mol. The second-order valence-electron chi connectivity index (χ2n) is 8.97. The zero-order valence-electron chi connectivity index (χ0n) is 19.9. The lowest BCUT2D eigenvalue weighted by molar-refractivity contribution is -0.145. The first-order chi connectivity index (χ1) is 16.9. The van der Waals surface area contributed by atoms with Crippen LogP contribution in [0.25, 0.3) is 23.3 Å². The molecule has 1 fully saturated rings. The van der Waals surface area contributed by atoms with Crippen LogP contribution in [0, 0.1) is 18.3 Å². The molecule has 0 aliphatic carbocycles. The number of carboxylic acid groups (broad SMARTS) is 1. The molecule has 1 unspecified atom stereocenters. The van der Waals surface area contributed by atoms with E-state index in [4.69, 9.17) is 11.6 Å². The Kier molecular flexibility index (Phi) is 7.67. The monoisotopic (exact) mass is 485 g/mol. The van der Waals surface area contributed by atoms with Crippen LogP contribution in [0.4, 0.5) is 0 Å². The SMILES string of the molecule is Cc1cc(/C=C/c2cccc(-c3ccccc3)c2C#N)c(Cl)cc1CN1CCN(C)CC1C(=O)O. The maximum Gasteiger partial charge on any atom is 0.322 e. The van der Waals surface area contributed by atoms with Crippen LogP contribution in [0.15, 0.2) is 60.7 Å². The van der Waals surface area contributed by atoms with Crippen LogP contribution in [0.5, 0.6) is 0 Å². The molecule has 1 aliphatic heterocycles. The lowest BCUT2D eigenvalue weighted by atomic mass is 9.95. The van der Waals surface area contributed by atoms with Crippen LogP contribution < -0.4 is 0 Å². The van der Waals surface area contributed by atoms with Gasteiger partial charge in [0, 0.05) is 36.8 Å². The molecule has 0 saturated carbocycles. The fraction of sp³-hybridized carbons (Fsp3) is 0.241. The molecule has 0 radical (unpaired) electrons. The number of nitrogens with zero attached hydrogens (tertiary/aromatic N) is 3. The van der Waals surface area contributed by atoms with Crippen LogP contribution in [0.1, 0.15) is 27.8 Å². The van der Waals surface area contributed by atoms with Gasteiger partial charge in [0.1, 0.15) is 12.1 Å². The second kappa shape index (κ2) is 10.9. The smallest absolute Gasteiger partial charge is 0.322 e. The average molecular weight is 486 g/mol. The Balaban J connectivity index is 1.59. The molecular formula is C29H28ClN3O2. The van der Waals surface area contributed by atoms with E-state index in [1.807, 2.05) is 96.6 Å². The largest absolute Gasteiger partial charge is 0.480 e. The van der Waals surface area contributed by atoms with Gasteiger partial charge in [0.2, 0.25) is 0 Å². The first-order valence-electron chi connectivity index (χ1n) is 11.6. The minimum atomic E-state index is -0.800. The molecule has 5 nitrogen and oxygen atoms in total. The summed E-state index contributed by atoms with van der Waals surface area (Å²) in [5, 5.41) is 20.1. The quantitative estimate of drug-likeness (QED) is 0.463. The fourth-order valence-electron chi connectivity index (χ4n) is 4.51. The van der Waals surface area contributed by atoms with Gasteiger partial charge in [-0.25, -0.2) is 0 Å². The van der Waals surface area contributed by atoms with E-state index >= 15 is 0 Å². The number of likely N-dealkylation sites (N-methyl/N-ethyl adjacent to an activating group) is 1. The molecule has 0 amide bonds. The van der Waals surface area contributed by atoms with E-state index in [0.717, 1.165) is 39.9 Å². The number of aliphatic carboxylic acids is 1. The molecular weight excluding hydrogens is 458 g/mol. The molecule has 1 N–H and O–H groups in total. The van der Waals surface area contributed by atoms with Crippen LogP contribution >= 0.6 is 11.6 Å². The lowest BCUT2D eigenvalue weighted by Gasteiger charge is -2.37. The van der Waals surface area contributed by atoms with Crippen molar-refractivity contribution in [2.24, 2.45) is 0 Å². The summed E-state index contributed by atoms with van der Waals surface area (Å²) in [7, 11) is 1.95. The number of aryl methyl sites for hydroxylation is 1. The van der Waals surface area contributed by atoms with Gasteiger partial charge >= 0.3 is 5.97 Å². The van der Waals surface area contributed by atoms with Crippen molar-refractivity contribution in [2.75, 3.05) is 26.7 Å². The van der Waals surface area contributed by atoms with Gasteiger partial charge < -0.3 is 10.0 Å². The molecule has 3 aromatic carbocycles. The Morgan fingerprint density at radius 2 is 1.86 bits per heavy atom. The fourth-order valence-corrected chi connectivity index (χ4v) is 4.76. The average Bonchev–Trinajstić information content (AvgIpc) is 2.86. The van der Waals surface area contributed by atoms with E-state index in [1.165, 1.54) is 0 Å². The maximum absolute atomic E-state index is 11.8. The third-order valence-corrected chi connectivity index (χ3v) is 6.87. The second-order valence-corrected chi connectivity index (χ2v) is 9.38. The van der Waals surface area contributed by atoms with Crippen molar-refractivity contribution in [1.29, 1.82) is 5.26 Å². The van der Waals surface area contributed by atoms with Crippen molar-refractivity contribution in [3.8, 4) is 17.2 Å². The summed E-state index contributed by atoms with van der Waals surface area (Å²) in [6.07, 6.45) is 3.85. The summed E-state index contributed by atoms with van der Waals surface area (Å²) in [6.45, 7) is 4.59. The number of carboxylic acids is 1. The van der Waals surface area contributed by atoms with Gasteiger partial charge in [-0.1, -0.05) is 78.4 Å². The van der Waals surface area contributed by atoms with Gasteiger partial charge in [-0.05, 0) is 47.9 Å². The van der Waals surface area contributed by atoms with E-state index in [-0.39, 0.29) is 0 Å². The number of hydrogen-bond acceptors (Lipinski definition) is 4. The Morgan fingerprint density at radius 3 is 2.57 bits per heavy atom. The van der Waals surface area contributed by atoms with Crippen molar-refractivity contribution >= 4 is 29.7 Å². The summed E-state index contributed by atoms with van der Waals surface area (Å²) < 4.78 is 0. The third kappa shape index (κ3) is 5.63. The van der Waals surface area contributed by atoms with Gasteiger partial charge in [0.15, 0.2) is 0 Å². The number of benzene rings is 3. The highest BCUT2D eigenvalue weighted by Crippen LogP contribution is 2.29. The number of halogens is 1. The van der Waals surface area contributed by atoms with Gasteiger partial charge in [-0.15, -0.1) is 0 Å². The highest BCUT2D eigenvalue weighted by Gasteiger charge is 2.31. The summed E-state index contributed by atoms with van der Waals surface area (Å²) >= 11 is 6.65. The topological polar surface area (TPSA) is 67.6 Å². The zero-order valence-corrected chi connectivity index (χ0v) is 20.7. The molecule has 0 aromatic heterocycles. The number of hydrogen-bond donors (Lipinski definition) is 1. The van der Waals surface area contributed by atoms with Gasteiger partial charge in [0.05, 0.1) is 5.56 Å². The Labute approximate surface area is 211 Å². The van der Waals surface area contributed by atoms with E-state index in [1.54, 1.807) is 0 Å². The summed E-state index contributed by atoms with van der Waals surface area (Å²) in [5.74, 6) is -0.800. The molecule has 1 heterocycles. The molecule has 4 rings (SSSR count). The lowest BCUT2D eigenvalue weighted by Crippen LogP contribution is -2.54. The normalized spacial score (nSPS) is 16.9. The minimum absolute atomic E-state index is 0.506. The Bertz CT molecular complexity index is 1300. The van der Waals surface area contributed by atoms with Crippen molar-refractivity contribution in [3.05, 3.63) is 93.5 Å². The first-order valence-corrected chi connectivity index (χ1v) is 12.0. The summed E-state index contributed by atoms with van der Waals surface area (Å²) in [4.78, 5) is 15.8. The number of rotatable bonds is 6. The third-order valence-electron chi connectivity index (χ3n) is 6.54. The molecule has 0 bridgehead atoms. The summed E-state index contributed by atoms with van der Waals surface area (Å²) in [6, 6.07) is 21.5. The summed E-state index contributed by atoms with van der Waals surface area (Å²) in [5.41, 5.74) is 6.27. The standard InChI is InChI=1S/C29H28ClN3O2/c1-20-15-23(27(30)16-24(20)18-33-14-13-32(2)19-28(33)29(34)35)12-11-22-9-6-10-25(26(22)17-31)21-7-4-3-5-8-21/h3-12,15-16,28H,13-14,18-19H2,1-2H3,(H,34,35)/b12-11+. The predicted octanol–water partition coefficient (Wildman–Crippen LogP) is 5.56. The molecule has 1 aliphatic rings. The van der Waals surface area contributed by atoms with E-state index < -0.39 is 12.0 Å². The first kappa shape index (κ1) is 24.7. The van der Waals surface area contributed by atoms with Crippen molar-refractivity contribution in [2.45, 2.75) is 19.5 Å². The van der Waals surface area contributed by atoms with Crippen LogP contribution in [-0.2, 0) is 11.3 Å². The molecule has 178 valence electrons. The Hall–Kier alpha value is -3.43. The molecule has 1 saturated heterocycles. The number of piperazine rings is 1. The molecule has 0 spiro atoms. The van der Waals surface area contributed by atoms with Crippen molar-refractivity contribution in [3.63, 3.8) is 0 Å². The maximum atomic E-state index is 11.8. The Morgan fingerprint density at radius 1 is 1.11 bits per heavy atom. The van der Waals surface area contributed by atoms with Crippen molar-refractivity contribution < 1.29 is 9.90 Å². The van der Waals surface area contributed by atoms with Gasteiger partial charge in [-0.3, -0.25) is 9.69 Å². The van der Waals surface area contributed by atoms with Crippen LogP contribution in [0.3, 0.4) is 0 Å². The van der Waals surface area contributed by atoms with Crippen molar-refractivity contribution in [1.82, 2.24) is 9.80 Å².